The molecular formula is C13H23NO4S. The monoisotopic (exact) mass is 289 g/mol. The van der Waals surface area contributed by atoms with Crippen LogP contribution in [0.2, 0.25) is 0 Å². The smallest absolute Gasteiger partial charge is 0.241 e. The summed E-state index contributed by atoms with van der Waals surface area (Å²) in [5.41, 5.74) is 0. The zero-order chi connectivity index (χ0) is 13.9. The van der Waals surface area contributed by atoms with E-state index in [9.17, 15) is 13.2 Å². The topological polar surface area (TPSA) is 74.7 Å². The zero-order valence-electron chi connectivity index (χ0n) is 11.3. The van der Waals surface area contributed by atoms with Crippen LogP contribution in [0.3, 0.4) is 0 Å². The van der Waals surface area contributed by atoms with Gasteiger partial charge in [-0.2, -0.15) is 0 Å². The summed E-state index contributed by atoms with van der Waals surface area (Å²) in [6.07, 6.45) is 5.50. The van der Waals surface area contributed by atoms with Gasteiger partial charge in [0, 0.05) is 19.2 Å². The van der Waals surface area contributed by atoms with Crippen LogP contribution in [0.4, 0.5) is 0 Å². The van der Waals surface area contributed by atoms with Crippen LogP contribution in [-0.4, -0.2) is 54.5 Å². The molecule has 0 spiro atoms. The van der Waals surface area contributed by atoms with Crippen molar-refractivity contribution in [3.8, 4) is 0 Å². The van der Waals surface area contributed by atoms with Gasteiger partial charge in [0.25, 0.3) is 0 Å². The Morgan fingerprint density at radius 2 is 1.89 bits per heavy atom. The number of aliphatic hydroxyl groups is 1. The van der Waals surface area contributed by atoms with Crippen LogP contribution in [0.5, 0.6) is 0 Å². The Labute approximate surface area is 114 Å². The molecule has 1 amide bonds. The third-order valence-corrected chi connectivity index (χ3v) is 6.37. The lowest BCUT2D eigenvalue weighted by molar-refractivity contribution is -0.135. The van der Waals surface area contributed by atoms with Crippen molar-refractivity contribution >= 4 is 15.7 Å². The van der Waals surface area contributed by atoms with E-state index in [1.165, 1.54) is 0 Å². The van der Waals surface area contributed by atoms with Gasteiger partial charge < -0.3 is 10.0 Å². The first-order valence-electron chi connectivity index (χ1n) is 7.19. The largest absolute Gasteiger partial charge is 0.396 e. The van der Waals surface area contributed by atoms with Crippen LogP contribution in [0.25, 0.3) is 0 Å². The Kier molecular flexibility index (Phi) is 4.84. The van der Waals surface area contributed by atoms with E-state index in [4.69, 9.17) is 5.11 Å². The van der Waals surface area contributed by atoms with Crippen LogP contribution in [0.1, 0.15) is 44.9 Å². The van der Waals surface area contributed by atoms with Gasteiger partial charge >= 0.3 is 0 Å². The third-order valence-electron chi connectivity index (χ3n) is 4.21. The molecule has 110 valence electrons. The molecule has 0 bridgehead atoms. The van der Waals surface area contributed by atoms with Crippen molar-refractivity contribution in [3.05, 3.63) is 0 Å². The van der Waals surface area contributed by atoms with E-state index in [0.29, 0.717) is 25.8 Å². The number of nitrogens with zero attached hydrogens (tertiary/aromatic N) is 1. The summed E-state index contributed by atoms with van der Waals surface area (Å²) in [7, 11) is -3.26. The lowest BCUT2D eigenvalue weighted by atomic mass is 9.91. The summed E-state index contributed by atoms with van der Waals surface area (Å²) in [5.74, 6) is -0.0834. The van der Waals surface area contributed by atoms with Crippen LogP contribution < -0.4 is 0 Å². The molecule has 19 heavy (non-hydrogen) atoms. The highest BCUT2D eigenvalue weighted by molar-refractivity contribution is 7.92. The number of rotatable bonds is 5. The number of carbonyl (C=O) groups excluding carboxylic acids is 1. The van der Waals surface area contributed by atoms with E-state index in [2.05, 4.69) is 0 Å². The molecule has 6 heteroatoms. The number of hydrogen-bond donors (Lipinski definition) is 1. The molecule has 1 N–H and O–H groups in total. The van der Waals surface area contributed by atoms with E-state index in [1.54, 1.807) is 4.90 Å². The van der Waals surface area contributed by atoms with Gasteiger partial charge in [-0.3, -0.25) is 4.79 Å². The number of sulfone groups is 1. The molecule has 1 unspecified atom stereocenters. The van der Waals surface area contributed by atoms with Crippen molar-refractivity contribution in [2.75, 3.05) is 18.9 Å². The third kappa shape index (κ3) is 3.28. The predicted octanol–water partition coefficient (Wildman–Crippen LogP) is 0.717. The lowest BCUT2D eigenvalue weighted by Gasteiger charge is -2.39. The summed E-state index contributed by atoms with van der Waals surface area (Å²) in [6, 6.07) is 0.191. The van der Waals surface area contributed by atoms with Crippen molar-refractivity contribution in [2.45, 2.75) is 56.2 Å². The standard InChI is InChI=1S/C13H23NO4S/c15-9-4-8-14(11-5-3-6-11)13(16)12-7-1-2-10-19(12,17)18/h11-12,15H,1-10H2. The average molecular weight is 289 g/mol. The fraction of sp³-hybridized carbons (Fsp3) is 0.923. The second-order valence-electron chi connectivity index (χ2n) is 5.54. The SMILES string of the molecule is O=C(C1CCCCS1(=O)=O)N(CCCO)C1CCC1. The first kappa shape index (κ1) is 14.8. The van der Waals surface area contributed by atoms with Crippen LogP contribution in [0, 0.1) is 0 Å². The van der Waals surface area contributed by atoms with Gasteiger partial charge in [0.2, 0.25) is 5.91 Å². The minimum Gasteiger partial charge on any atom is -0.396 e. The van der Waals surface area contributed by atoms with Gasteiger partial charge in [-0.25, -0.2) is 8.42 Å². The normalized spacial score (nSPS) is 26.7. The summed E-state index contributed by atoms with van der Waals surface area (Å²) in [5, 5.41) is 8.09. The number of carbonyl (C=O) groups is 1. The minimum absolute atomic E-state index is 0.0356. The number of hydrogen-bond acceptors (Lipinski definition) is 4. The quantitative estimate of drug-likeness (QED) is 0.809. The Morgan fingerprint density at radius 3 is 2.42 bits per heavy atom. The molecule has 2 fully saturated rings. The molecule has 0 aromatic rings. The molecule has 1 heterocycles. The number of amides is 1. The highest BCUT2D eigenvalue weighted by atomic mass is 32.2. The molecule has 0 radical (unpaired) electrons. The Morgan fingerprint density at radius 1 is 1.16 bits per heavy atom. The van der Waals surface area contributed by atoms with Crippen molar-refractivity contribution in [3.63, 3.8) is 0 Å². The van der Waals surface area contributed by atoms with Gasteiger partial charge in [-0.15, -0.1) is 0 Å². The highest BCUT2D eigenvalue weighted by Gasteiger charge is 2.40. The van der Waals surface area contributed by atoms with E-state index in [-0.39, 0.29) is 24.3 Å². The maximum Gasteiger partial charge on any atom is 0.241 e. The van der Waals surface area contributed by atoms with Crippen LogP contribution >= 0.6 is 0 Å². The van der Waals surface area contributed by atoms with Gasteiger partial charge in [-0.05, 0) is 38.5 Å². The molecule has 1 saturated carbocycles. The molecule has 1 saturated heterocycles. The summed E-state index contributed by atoms with van der Waals surface area (Å²) < 4.78 is 24.1. The highest BCUT2D eigenvalue weighted by Crippen LogP contribution is 2.29. The summed E-state index contributed by atoms with van der Waals surface area (Å²) in [6.45, 7) is 0.514. The summed E-state index contributed by atoms with van der Waals surface area (Å²) >= 11 is 0. The Hall–Kier alpha value is -0.620. The van der Waals surface area contributed by atoms with E-state index >= 15 is 0 Å². The summed E-state index contributed by atoms with van der Waals surface area (Å²) in [4.78, 5) is 14.2. The lowest BCUT2D eigenvalue weighted by Crippen LogP contribution is -2.52. The first-order chi connectivity index (χ1) is 9.06. The Balaban J connectivity index is 2.08. The molecule has 5 nitrogen and oxygen atoms in total. The maximum absolute atomic E-state index is 12.5. The molecule has 0 aromatic heterocycles. The number of aliphatic hydroxyl groups excluding tert-OH is 1. The van der Waals surface area contributed by atoms with E-state index in [1.807, 2.05) is 0 Å². The van der Waals surface area contributed by atoms with Crippen LogP contribution in [-0.2, 0) is 14.6 Å². The predicted molar refractivity (Wildman–Crippen MR) is 72.5 cm³/mol. The molecule has 2 rings (SSSR count). The van der Waals surface area contributed by atoms with Crippen molar-refractivity contribution in [1.29, 1.82) is 0 Å². The zero-order valence-corrected chi connectivity index (χ0v) is 12.1. The minimum atomic E-state index is -3.26. The van der Waals surface area contributed by atoms with Crippen molar-refractivity contribution in [2.24, 2.45) is 0 Å². The van der Waals surface area contributed by atoms with Crippen molar-refractivity contribution in [1.82, 2.24) is 4.90 Å². The average Bonchev–Trinajstić information content (AvgIpc) is 2.30. The fourth-order valence-electron chi connectivity index (χ4n) is 2.83. The van der Waals surface area contributed by atoms with E-state index in [0.717, 1.165) is 25.7 Å². The molecule has 1 aliphatic heterocycles. The molecule has 1 atom stereocenters. The van der Waals surface area contributed by atoms with Gasteiger partial charge in [0.05, 0.1) is 5.75 Å². The first-order valence-corrected chi connectivity index (χ1v) is 8.90. The van der Waals surface area contributed by atoms with Gasteiger partial charge in [-0.1, -0.05) is 6.42 Å². The molecule has 2 aliphatic rings. The second kappa shape index (κ2) is 6.22. The molecular weight excluding hydrogens is 266 g/mol. The van der Waals surface area contributed by atoms with Crippen LogP contribution in [0.15, 0.2) is 0 Å². The molecule has 1 aliphatic carbocycles. The maximum atomic E-state index is 12.5. The second-order valence-corrected chi connectivity index (χ2v) is 7.85. The van der Waals surface area contributed by atoms with Crippen molar-refractivity contribution < 1.29 is 18.3 Å². The Bertz CT molecular complexity index is 416. The van der Waals surface area contributed by atoms with Gasteiger partial charge in [0.1, 0.15) is 5.25 Å². The van der Waals surface area contributed by atoms with E-state index < -0.39 is 15.1 Å². The fourth-order valence-corrected chi connectivity index (χ4v) is 4.69. The van der Waals surface area contributed by atoms with Gasteiger partial charge in [0.15, 0.2) is 9.84 Å². The molecule has 0 aromatic carbocycles.